The van der Waals surface area contributed by atoms with Crippen molar-refractivity contribution in [3.8, 4) is 5.75 Å². The van der Waals surface area contributed by atoms with Crippen LogP contribution in [0.1, 0.15) is 0 Å². The summed E-state index contributed by atoms with van der Waals surface area (Å²) < 4.78 is 29.2. The van der Waals surface area contributed by atoms with E-state index in [9.17, 15) is 13.6 Å². The molecule has 4 nitrogen and oxygen atoms in total. The molecule has 0 unspecified atom stereocenters. The largest absolute Gasteiger partial charge is 0.435 e. The van der Waals surface area contributed by atoms with E-state index in [2.05, 4.69) is 31.3 Å². The van der Waals surface area contributed by atoms with E-state index >= 15 is 0 Å². The number of carbonyl (C=O) groups excluding carboxylic acids is 1. The molecule has 2 N–H and O–H groups in total. The third-order valence-corrected chi connectivity index (χ3v) is 3.13. The maximum Gasteiger partial charge on any atom is 0.387 e. The second-order valence-corrected chi connectivity index (χ2v) is 5.23. The Morgan fingerprint density at radius 2 is 1.86 bits per heavy atom. The van der Waals surface area contributed by atoms with Gasteiger partial charge in [0.05, 0.1) is 6.54 Å². The fourth-order valence-corrected chi connectivity index (χ4v) is 2.10. The second kappa shape index (κ2) is 7.74. The first kappa shape index (κ1) is 16.2. The van der Waals surface area contributed by atoms with Gasteiger partial charge in [-0.1, -0.05) is 22.0 Å². The summed E-state index contributed by atoms with van der Waals surface area (Å²) in [5, 5.41) is 5.63. The number of hydrogen-bond acceptors (Lipinski definition) is 3. The van der Waals surface area contributed by atoms with Crippen molar-refractivity contribution < 1.29 is 18.3 Å². The van der Waals surface area contributed by atoms with Crippen molar-refractivity contribution in [2.45, 2.75) is 6.61 Å². The number of hydrogen-bond donors (Lipinski definition) is 2. The van der Waals surface area contributed by atoms with E-state index in [1.165, 1.54) is 24.3 Å². The lowest BCUT2D eigenvalue weighted by molar-refractivity contribution is -0.114. The molecular formula is C15H13BrF2N2O2. The summed E-state index contributed by atoms with van der Waals surface area (Å²) in [5.74, 6) is -0.206. The quantitative estimate of drug-likeness (QED) is 0.804. The van der Waals surface area contributed by atoms with Gasteiger partial charge in [0, 0.05) is 15.8 Å². The Morgan fingerprint density at radius 1 is 1.14 bits per heavy atom. The third-order valence-electron chi connectivity index (χ3n) is 2.64. The molecule has 2 rings (SSSR count). The minimum absolute atomic E-state index is 0.0419. The fraction of sp³-hybridized carbons (Fsp3) is 0.133. The molecule has 0 spiro atoms. The first-order valence-electron chi connectivity index (χ1n) is 6.37. The molecule has 0 atom stereocenters. The lowest BCUT2D eigenvalue weighted by atomic mass is 10.3. The highest BCUT2D eigenvalue weighted by Crippen LogP contribution is 2.18. The molecule has 7 heteroatoms. The maximum absolute atomic E-state index is 12.0. The Hall–Kier alpha value is -2.15. The molecule has 0 aliphatic heterocycles. The minimum Gasteiger partial charge on any atom is -0.435 e. The van der Waals surface area contributed by atoms with Gasteiger partial charge in [0.2, 0.25) is 5.91 Å². The lowest BCUT2D eigenvalue weighted by Gasteiger charge is -2.09. The molecule has 0 radical (unpaired) electrons. The summed E-state index contributed by atoms with van der Waals surface area (Å²) >= 11 is 3.34. The molecule has 1 amide bonds. The van der Waals surface area contributed by atoms with Gasteiger partial charge in [0.15, 0.2) is 0 Å². The van der Waals surface area contributed by atoms with Crippen molar-refractivity contribution in [3.63, 3.8) is 0 Å². The minimum atomic E-state index is -2.87. The number of carbonyl (C=O) groups is 1. The van der Waals surface area contributed by atoms with Gasteiger partial charge in [0.25, 0.3) is 0 Å². The van der Waals surface area contributed by atoms with Crippen LogP contribution in [0.15, 0.2) is 53.0 Å². The van der Waals surface area contributed by atoms with Crippen LogP contribution < -0.4 is 15.4 Å². The highest BCUT2D eigenvalue weighted by Gasteiger charge is 2.05. The number of nitrogens with one attached hydrogen (secondary N) is 2. The molecule has 0 aromatic heterocycles. The number of benzene rings is 2. The highest BCUT2D eigenvalue weighted by atomic mass is 79.9. The second-order valence-electron chi connectivity index (χ2n) is 4.31. The summed E-state index contributed by atoms with van der Waals surface area (Å²) in [4.78, 5) is 11.8. The van der Waals surface area contributed by atoms with Gasteiger partial charge in [0.1, 0.15) is 5.75 Å². The molecule has 0 bridgehead atoms. The summed E-state index contributed by atoms with van der Waals surface area (Å²) in [7, 11) is 0. The van der Waals surface area contributed by atoms with E-state index < -0.39 is 6.61 Å². The molecule has 0 heterocycles. The van der Waals surface area contributed by atoms with Crippen LogP contribution in [0.25, 0.3) is 0 Å². The first-order chi connectivity index (χ1) is 10.5. The number of alkyl halides is 2. The summed E-state index contributed by atoms with van der Waals surface area (Å²) in [5.41, 5.74) is 1.31. The summed E-state index contributed by atoms with van der Waals surface area (Å²) in [6.45, 7) is -2.78. The van der Waals surface area contributed by atoms with E-state index in [0.717, 1.165) is 10.2 Å². The number of rotatable bonds is 6. The molecule has 2 aromatic carbocycles. The molecule has 116 valence electrons. The predicted octanol–water partition coefficient (Wildman–Crippen LogP) is 4.10. The van der Waals surface area contributed by atoms with Crippen molar-refractivity contribution >= 4 is 33.2 Å². The van der Waals surface area contributed by atoms with Crippen molar-refractivity contribution in [3.05, 3.63) is 53.0 Å². The number of halogens is 3. The Morgan fingerprint density at radius 3 is 2.50 bits per heavy atom. The van der Waals surface area contributed by atoms with E-state index in [-0.39, 0.29) is 18.2 Å². The zero-order valence-corrected chi connectivity index (χ0v) is 12.9. The number of ether oxygens (including phenoxy) is 1. The van der Waals surface area contributed by atoms with Gasteiger partial charge in [-0.2, -0.15) is 8.78 Å². The topological polar surface area (TPSA) is 50.4 Å². The van der Waals surface area contributed by atoms with Gasteiger partial charge in [-0.15, -0.1) is 0 Å². The predicted molar refractivity (Wildman–Crippen MR) is 84.3 cm³/mol. The van der Waals surface area contributed by atoms with E-state index in [1.54, 1.807) is 0 Å². The molecule has 0 saturated carbocycles. The van der Waals surface area contributed by atoms with Crippen LogP contribution in [0.5, 0.6) is 5.75 Å². The van der Waals surface area contributed by atoms with E-state index in [0.29, 0.717) is 5.69 Å². The molecular weight excluding hydrogens is 358 g/mol. The molecule has 0 aliphatic carbocycles. The van der Waals surface area contributed by atoms with Crippen LogP contribution in [0.3, 0.4) is 0 Å². The smallest absolute Gasteiger partial charge is 0.387 e. The van der Waals surface area contributed by atoms with Crippen molar-refractivity contribution in [1.82, 2.24) is 0 Å². The third kappa shape index (κ3) is 5.33. The summed E-state index contributed by atoms with van der Waals surface area (Å²) in [6.07, 6.45) is 0. The zero-order valence-electron chi connectivity index (χ0n) is 11.4. The van der Waals surface area contributed by atoms with Crippen LogP contribution in [0.2, 0.25) is 0 Å². The highest BCUT2D eigenvalue weighted by molar-refractivity contribution is 9.10. The Balaban J connectivity index is 1.84. The van der Waals surface area contributed by atoms with E-state index in [1.807, 2.05) is 24.3 Å². The summed E-state index contributed by atoms with van der Waals surface area (Å²) in [6, 6.07) is 13.1. The Kier molecular flexibility index (Phi) is 5.71. The maximum atomic E-state index is 12.0. The zero-order chi connectivity index (χ0) is 15.9. The average molecular weight is 371 g/mol. The normalized spacial score (nSPS) is 10.4. The SMILES string of the molecule is O=C(CNc1cccc(Br)c1)Nc1ccc(OC(F)F)cc1. The van der Waals surface area contributed by atoms with Crippen LogP contribution in [-0.2, 0) is 4.79 Å². The van der Waals surface area contributed by atoms with Gasteiger partial charge in [-0.25, -0.2) is 0 Å². The lowest BCUT2D eigenvalue weighted by Crippen LogP contribution is -2.21. The van der Waals surface area contributed by atoms with Gasteiger partial charge >= 0.3 is 6.61 Å². The van der Waals surface area contributed by atoms with Gasteiger partial charge < -0.3 is 15.4 Å². The average Bonchev–Trinajstić information content (AvgIpc) is 2.47. The van der Waals surface area contributed by atoms with E-state index in [4.69, 9.17) is 0 Å². The number of anilines is 2. The number of amides is 1. The Labute approximate surface area is 134 Å². The van der Waals surface area contributed by atoms with Gasteiger partial charge in [-0.3, -0.25) is 4.79 Å². The monoisotopic (exact) mass is 370 g/mol. The Bertz CT molecular complexity index is 636. The van der Waals surface area contributed by atoms with Crippen LogP contribution in [0.4, 0.5) is 20.2 Å². The van der Waals surface area contributed by atoms with Crippen molar-refractivity contribution in [2.75, 3.05) is 17.2 Å². The molecule has 0 aliphatic rings. The fourth-order valence-electron chi connectivity index (χ4n) is 1.71. The standard InChI is InChI=1S/C15H13BrF2N2O2/c16-10-2-1-3-12(8-10)19-9-14(21)20-11-4-6-13(7-5-11)22-15(17)18/h1-8,15,19H,9H2,(H,20,21). The van der Waals surface area contributed by atoms with Crippen LogP contribution >= 0.6 is 15.9 Å². The van der Waals surface area contributed by atoms with Crippen molar-refractivity contribution in [1.29, 1.82) is 0 Å². The van der Waals surface area contributed by atoms with Crippen LogP contribution in [-0.4, -0.2) is 19.1 Å². The van der Waals surface area contributed by atoms with Crippen LogP contribution in [0, 0.1) is 0 Å². The van der Waals surface area contributed by atoms with Crippen molar-refractivity contribution in [2.24, 2.45) is 0 Å². The first-order valence-corrected chi connectivity index (χ1v) is 7.16. The van der Waals surface area contributed by atoms with Gasteiger partial charge in [-0.05, 0) is 42.5 Å². The molecule has 0 saturated heterocycles. The molecule has 2 aromatic rings. The molecule has 0 fully saturated rings. The molecule has 22 heavy (non-hydrogen) atoms.